The minimum atomic E-state index is -0.540. The number of halogens is 1. The molecule has 3 amide bonds. The zero-order valence-electron chi connectivity index (χ0n) is 24.4. The number of ether oxygens (including phenoxy) is 1. The Morgan fingerprint density at radius 1 is 0.844 bits per heavy atom. The van der Waals surface area contributed by atoms with Crippen LogP contribution >= 0.6 is 0 Å². The molecule has 0 saturated carbocycles. The van der Waals surface area contributed by atoms with Crippen LogP contribution in [0.5, 0.6) is 0 Å². The van der Waals surface area contributed by atoms with Gasteiger partial charge in [-0.2, -0.15) is 4.39 Å². The fourth-order valence-corrected chi connectivity index (χ4v) is 5.67. The summed E-state index contributed by atoms with van der Waals surface area (Å²) in [4.78, 5) is 42.3. The van der Waals surface area contributed by atoms with E-state index in [0.29, 0.717) is 73.1 Å². The van der Waals surface area contributed by atoms with E-state index < -0.39 is 5.95 Å². The average Bonchev–Trinajstić information content (AvgIpc) is 3.51. The maximum Gasteiger partial charge on any atom is 0.323 e. The highest BCUT2D eigenvalue weighted by Crippen LogP contribution is 2.32. The van der Waals surface area contributed by atoms with Gasteiger partial charge in [-0.3, -0.25) is 4.79 Å². The topological polar surface area (TPSA) is 113 Å². The maximum absolute atomic E-state index is 14.5. The summed E-state index contributed by atoms with van der Waals surface area (Å²) in [6, 6.07) is 23.2. The lowest BCUT2D eigenvalue weighted by atomic mass is 10.0. The van der Waals surface area contributed by atoms with Gasteiger partial charge in [-0.25, -0.2) is 19.7 Å². The minimum Gasteiger partial charge on any atom is -0.378 e. The van der Waals surface area contributed by atoms with Gasteiger partial charge < -0.3 is 25.2 Å². The fourth-order valence-electron chi connectivity index (χ4n) is 5.67. The zero-order valence-corrected chi connectivity index (χ0v) is 24.4. The van der Waals surface area contributed by atoms with Gasteiger partial charge in [0, 0.05) is 65.8 Å². The van der Waals surface area contributed by atoms with Gasteiger partial charge >= 0.3 is 6.03 Å². The van der Waals surface area contributed by atoms with Crippen molar-refractivity contribution in [2.45, 2.75) is 12.8 Å². The van der Waals surface area contributed by atoms with Gasteiger partial charge in [0.2, 0.25) is 11.9 Å². The Hall–Kier alpha value is -5.42. The number of nitrogens with one attached hydrogen (secondary N) is 2. The molecule has 0 unspecified atom stereocenters. The molecule has 2 aliphatic rings. The molecule has 0 spiro atoms. The number of pyridine rings is 1. The van der Waals surface area contributed by atoms with Crippen molar-refractivity contribution in [2.75, 3.05) is 53.3 Å². The molecule has 0 aliphatic carbocycles. The Balaban J connectivity index is 1.12. The van der Waals surface area contributed by atoms with E-state index in [2.05, 4.69) is 20.5 Å². The number of amides is 3. The Kier molecular flexibility index (Phi) is 7.75. The van der Waals surface area contributed by atoms with Crippen molar-refractivity contribution < 1.29 is 18.7 Å². The summed E-state index contributed by atoms with van der Waals surface area (Å²) in [6.45, 7) is 3.31. The van der Waals surface area contributed by atoms with Crippen LogP contribution in [-0.2, 0) is 9.53 Å². The number of urea groups is 1. The van der Waals surface area contributed by atoms with E-state index in [-0.39, 0.29) is 11.9 Å². The van der Waals surface area contributed by atoms with E-state index in [1.807, 2.05) is 42.5 Å². The van der Waals surface area contributed by atoms with E-state index in [0.717, 1.165) is 28.9 Å². The lowest BCUT2D eigenvalue weighted by molar-refractivity contribution is -0.117. The second-order valence-electron chi connectivity index (χ2n) is 10.9. The smallest absolute Gasteiger partial charge is 0.323 e. The van der Waals surface area contributed by atoms with Crippen LogP contribution in [0.2, 0.25) is 0 Å². The number of morpholine rings is 1. The van der Waals surface area contributed by atoms with E-state index in [1.54, 1.807) is 41.3 Å². The number of aromatic nitrogens is 3. The number of benzene rings is 3. The summed E-state index contributed by atoms with van der Waals surface area (Å²) in [7, 11) is 0. The van der Waals surface area contributed by atoms with Crippen LogP contribution in [-0.4, -0.2) is 59.7 Å². The minimum absolute atomic E-state index is 0.119. The highest BCUT2D eigenvalue weighted by molar-refractivity contribution is 6.00. The molecule has 45 heavy (non-hydrogen) atoms. The van der Waals surface area contributed by atoms with Crippen molar-refractivity contribution >= 4 is 45.7 Å². The number of carbonyl (C=O) groups excluding carboxylic acids is 2. The molecule has 2 aromatic heterocycles. The molecule has 0 bridgehead atoms. The maximum atomic E-state index is 14.5. The molecule has 3 aromatic carbocycles. The Morgan fingerprint density at radius 3 is 2.24 bits per heavy atom. The van der Waals surface area contributed by atoms with Crippen molar-refractivity contribution in [3.05, 3.63) is 91.0 Å². The molecule has 2 saturated heterocycles. The van der Waals surface area contributed by atoms with Crippen molar-refractivity contribution in [1.82, 2.24) is 15.0 Å². The van der Waals surface area contributed by atoms with Crippen LogP contribution in [0, 0.1) is 5.95 Å². The van der Waals surface area contributed by atoms with Gasteiger partial charge in [0.1, 0.15) is 5.82 Å². The number of rotatable bonds is 6. The number of carbonyl (C=O) groups is 2. The zero-order chi connectivity index (χ0) is 30.8. The number of anilines is 4. The quantitative estimate of drug-likeness (QED) is 0.225. The molecule has 4 heterocycles. The van der Waals surface area contributed by atoms with Crippen molar-refractivity contribution in [3.63, 3.8) is 0 Å². The van der Waals surface area contributed by atoms with Crippen LogP contribution in [0.25, 0.3) is 33.4 Å². The molecule has 2 fully saturated rings. The van der Waals surface area contributed by atoms with E-state index in [9.17, 15) is 14.0 Å². The third kappa shape index (κ3) is 6.02. The highest BCUT2D eigenvalue weighted by Gasteiger charge is 2.22. The van der Waals surface area contributed by atoms with Gasteiger partial charge in [0.25, 0.3) is 0 Å². The molecule has 226 valence electrons. The molecule has 7 rings (SSSR count). The number of hydrogen-bond donors (Lipinski definition) is 2. The second-order valence-corrected chi connectivity index (χ2v) is 10.9. The largest absolute Gasteiger partial charge is 0.378 e. The fraction of sp³-hybridized carbons (Fsp3) is 0.206. The first-order valence-corrected chi connectivity index (χ1v) is 14.9. The summed E-state index contributed by atoms with van der Waals surface area (Å²) < 4.78 is 20.1. The third-order valence-corrected chi connectivity index (χ3v) is 7.97. The normalized spacial score (nSPS) is 15.0. The van der Waals surface area contributed by atoms with Crippen molar-refractivity contribution in [3.8, 4) is 22.5 Å². The number of nitrogens with zero attached hydrogens (tertiary/aromatic N) is 5. The molecule has 0 atom stereocenters. The summed E-state index contributed by atoms with van der Waals surface area (Å²) >= 11 is 0. The lowest BCUT2D eigenvalue weighted by Crippen LogP contribution is -2.37. The molecule has 0 radical (unpaired) electrons. The number of hydrogen-bond acceptors (Lipinski definition) is 7. The first kappa shape index (κ1) is 28.4. The third-order valence-electron chi connectivity index (χ3n) is 7.97. The van der Waals surface area contributed by atoms with Crippen LogP contribution < -0.4 is 20.4 Å². The molecule has 2 aliphatic heterocycles. The van der Waals surface area contributed by atoms with Crippen LogP contribution in [0.1, 0.15) is 12.8 Å². The summed E-state index contributed by atoms with van der Waals surface area (Å²) in [5, 5.41) is 6.54. The Morgan fingerprint density at radius 2 is 1.56 bits per heavy atom. The molecular formula is C34H30FN7O3. The predicted octanol–water partition coefficient (Wildman–Crippen LogP) is 6.11. The number of fused-ring (bicyclic) bond motifs is 1. The van der Waals surface area contributed by atoms with E-state index in [4.69, 9.17) is 14.7 Å². The van der Waals surface area contributed by atoms with Crippen molar-refractivity contribution in [1.29, 1.82) is 0 Å². The highest BCUT2D eigenvalue weighted by atomic mass is 19.1. The molecule has 2 N–H and O–H groups in total. The molecule has 11 heteroatoms. The van der Waals surface area contributed by atoms with Crippen LogP contribution in [0.3, 0.4) is 0 Å². The van der Waals surface area contributed by atoms with Crippen LogP contribution in [0.4, 0.5) is 32.1 Å². The Bertz CT molecular complexity index is 1880. The van der Waals surface area contributed by atoms with Gasteiger partial charge in [0.05, 0.1) is 18.7 Å². The van der Waals surface area contributed by atoms with Gasteiger partial charge in [-0.15, -0.1) is 0 Å². The standard InChI is InChI=1S/C34H30FN7O3/c35-31-27(3-1-15-36-31)23-7-14-28-29(21-23)39-32(40-33(28)41-17-19-45-20-18-41)22-5-8-24(9-6-22)37-34(44)38-25-10-12-26(13-11-25)42-16-2-4-30(42)43/h1,3,5-15,21H,2,4,16-20H2,(H2,37,38,44). The van der Waals surface area contributed by atoms with Crippen LogP contribution in [0.15, 0.2) is 85.1 Å². The Labute approximate surface area is 258 Å². The van der Waals surface area contributed by atoms with Gasteiger partial charge in [-0.05, 0) is 84.8 Å². The predicted molar refractivity (Wildman–Crippen MR) is 172 cm³/mol. The molecule has 10 nitrogen and oxygen atoms in total. The summed E-state index contributed by atoms with van der Waals surface area (Å²) in [6.07, 6.45) is 2.85. The molecular weight excluding hydrogens is 573 g/mol. The monoisotopic (exact) mass is 603 g/mol. The second kappa shape index (κ2) is 12.3. The van der Waals surface area contributed by atoms with Gasteiger partial charge in [0.15, 0.2) is 5.82 Å². The summed E-state index contributed by atoms with van der Waals surface area (Å²) in [5.41, 5.74) is 4.57. The first-order valence-electron chi connectivity index (χ1n) is 14.9. The summed E-state index contributed by atoms with van der Waals surface area (Å²) in [5.74, 6) is 0.883. The van der Waals surface area contributed by atoms with E-state index in [1.165, 1.54) is 6.20 Å². The average molecular weight is 604 g/mol. The SMILES string of the molecule is O=C(Nc1ccc(-c2nc(N3CCOCC3)c3ccc(-c4cccnc4F)cc3n2)cc1)Nc1ccc(N2CCCC2=O)cc1. The first-order chi connectivity index (χ1) is 22.0. The lowest BCUT2D eigenvalue weighted by Gasteiger charge is -2.29. The van der Waals surface area contributed by atoms with Crippen molar-refractivity contribution in [2.24, 2.45) is 0 Å². The van der Waals surface area contributed by atoms with Gasteiger partial charge in [-0.1, -0.05) is 6.07 Å². The molecule has 5 aromatic rings. The van der Waals surface area contributed by atoms with E-state index >= 15 is 0 Å².